The van der Waals surface area contributed by atoms with Crippen molar-refractivity contribution in [2.75, 3.05) is 33.3 Å². The number of aromatic hydroxyl groups is 1. The lowest BCUT2D eigenvalue weighted by Crippen LogP contribution is -2.48. The van der Waals surface area contributed by atoms with Gasteiger partial charge in [0.1, 0.15) is 0 Å². The number of rotatable bonds is 3. The normalized spacial score (nSPS) is 17.1. The molecule has 1 fully saturated rings. The third-order valence-electron chi connectivity index (χ3n) is 3.86. The molecule has 0 spiro atoms. The zero-order valence-electron chi connectivity index (χ0n) is 13.8. The molecule has 1 aliphatic heterocycles. The fraction of sp³-hybridized carbons (Fsp3) is 0.625. The number of piperazine rings is 1. The number of phenolic OH excluding ortho intramolecular Hbond substituents is 1. The summed E-state index contributed by atoms with van der Waals surface area (Å²) in [5.74, 6) is 0.746. The molecule has 0 aromatic heterocycles. The molecule has 1 heterocycles. The molecular weight excluding hydrogens is 323 g/mol. The Hall–Kier alpha value is -0.680. The second-order valence-electron chi connectivity index (χ2n) is 6.49. The molecule has 128 valence electrons. The molecule has 4 nitrogen and oxygen atoms in total. The molecule has 22 heavy (non-hydrogen) atoms. The molecule has 0 unspecified atom stereocenters. The molecule has 0 saturated carbocycles. The van der Waals surface area contributed by atoms with Crippen molar-refractivity contribution in [2.24, 2.45) is 5.41 Å². The Morgan fingerprint density at radius 3 is 2.27 bits per heavy atom. The molecule has 2 rings (SSSR count). The van der Waals surface area contributed by atoms with Crippen LogP contribution in [0.1, 0.15) is 32.4 Å². The molecule has 0 bridgehead atoms. The molecular formula is C16H28Cl2N2O2. The van der Waals surface area contributed by atoms with E-state index < -0.39 is 0 Å². The quantitative estimate of drug-likeness (QED) is 0.878. The summed E-state index contributed by atoms with van der Waals surface area (Å²) in [7, 11) is 1.59. The summed E-state index contributed by atoms with van der Waals surface area (Å²) >= 11 is 0. The van der Waals surface area contributed by atoms with E-state index in [9.17, 15) is 5.11 Å². The number of hydrogen-bond acceptors (Lipinski definition) is 4. The minimum atomic E-state index is 0. The summed E-state index contributed by atoms with van der Waals surface area (Å²) in [5, 5.41) is 13.2. The van der Waals surface area contributed by atoms with Crippen LogP contribution in [0, 0.1) is 5.41 Å². The number of nitrogens with zero attached hydrogens (tertiary/aromatic N) is 1. The van der Waals surface area contributed by atoms with E-state index in [4.69, 9.17) is 4.74 Å². The van der Waals surface area contributed by atoms with Crippen LogP contribution in [0.25, 0.3) is 0 Å². The van der Waals surface area contributed by atoms with Crippen molar-refractivity contribution in [1.82, 2.24) is 10.2 Å². The summed E-state index contributed by atoms with van der Waals surface area (Å²) in [5.41, 5.74) is 1.33. The van der Waals surface area contributed by atoms with Gasteiger partial charge < -0.3 is 15.2 Å². The van der Waals surface area contributed by atoms with Crippen molar-refractivity contribution in [1.29, 1.82) is 0 Å². The number of phenols is 1. The highest BCUT2D eigenvalue weighted by molar-refractivity contribution is 5.85. The SMILES string of the molecule is COc1cc([C@H](N2CCNCC2)C(C)(C)C)ccc1O.Cl.Cl. The predicted octanol–water partition coefficient (Wildman–Crippen LogP) is 3.24. The first-order chi connectivity index (χ1) is 9.43. The molecule has 1 aliphatic rings. The zero-order valence-corrected chi connectivity index (χ0v) is 15.4. The Labute approximate surface area is 146 Å². The highest BCUT2D eigenvalue weighted by Gasteiger charge is 2.32. The van der Waals surface area contributed by atoms with Crippen LogP contribution in [-0.4, -0.2) is 43.3 Å². The van der Waals surface area contributed by atoms with E-state index in [1.807, 2.05) is 12.1 Å². The lowest BCUT2D eigenvalue weighted by atomic mass is 9.81. The van der Waals surface area contributed by atoms with E-state index in [1.54, 1.807) is 13.2 Å². The van der Waals surface area contributed by atoms with Crippen molar-refractivity contribution in [3.05, 3.63) is 23.8 Å². The van der Waals surface area contributed by atoms with Crippen LogP contribution in [0.5, 0.6) is 11.5 Å². The van der Waals surface area contributed by atoms with Gasteiger partial charge in [0.15, 0.2) is 11.5 Å². The molecule has 1 atom stereocenters. The van der Waals surface area contributed by atoms with Gasteiger partial charge in [-0.3, -0.25) is 4.90 Å². The Balaban J connectivity index is 0.00000220. The Morgan fingerprint density at radius 1 is 1.18 bits per heavy atom. The van der Waals surface area contributed by atoms with Gasteiger partial charge in [-0.25, -0.2) is 0 Å². The molecule has 6 heteroatoms. The van der Waals surface area contributed by atoms with Crippen molar-refractivity contribution >= 4 is 24.8 Å². The number of nitrogens with one attached hydrogen (secondary N) is 1. The standard InChI is InChI=1S/C16H26N2O2.2ClH/c1-16(2,3)15(18-9-7-17-8-10-18)12-5-6-13(19)14(11-12)20-4;;/h5-6,11,15,17,19H,7-10H2,1-4H3;2*1H/t15-;;/m0../s1. The maximum atomic E-state index is 9.78. The monoisotopic (exact) mass is 350 g/mol. The summed E-state index contributed by atoms with van der Waals surface area (Å²) in [4.78, 5) is 2.52. The summed E-state index contributed by atoms with van der Waals surface area (Å²) < 4.78 is 5.25. The Morgan fingerprint density at radius 2 is 1.77 bits per heavy atom. The van der Waals surface area contributed by atoms with E-state index in [0.717, 1.165) is 26.2 Å². The molecule has 0 radical (unpaired) electrons. The Kier molecular flexibility index (Phi) is 8.55. The van der Waals surface area contributed by atoms with Crippen LogP contribution in [0.2, 0.25) is 0 Å². The van der Waals surface area contributed by atoms with Crippen LogP contribution in [0.4, 0.5) is 0 Å². The lowest BCUT2D eigenvalue weighted by molar-refractivity contribution is 0.0860. The first kappa shape index (κ1) is 21.3. The zero-order chi connectivity index (χ0) is 14.8. The number of hydrogen-bond donors (Lipinski definition) is 2. The van der Waals surface area contributed by atoms with Crippen LogP contribution in [0.3, 0.4) is 0 Å². The Bertz CT molecular complexity index is 458. The topological polar surface area (TPSA) is 44.7 Å². The number of halogens is 2. The third-order valence-corrected chi connectivity index (χ3v) is 3.86. The van der Waals surface area contributed by atoms with E-state index in [1.165, 1.54) is 5.56 Å². The molecule has 0 amide bonds. The largest absolute Gasteiger partial charge is 0.504 e. The maximum absolute atomic E-state index is 9.78. The molecule has 1 aromatic carbocycles. The van der Waals surface area contributed by atoms with Gasteiger partial charge in [0, 0.05) is 32.2 Å². The van der Waals surface area contributed by atoms with E-state index in [2.05, 4.69) is 31.0 Å². The van der Waals surface area contributed by atoms with Gasteiger partial charge in [-0.15, -0.1) is 24.8 Å². The van der Waals surface area contributed by atoms with Gasteiger partial charge in [0.05, 0.1) is 7.11 Å². The van der Waals surface area contributed by atoms with E-state index in [0.29, 0.717) is 11.8 Å². The summed E-state index contributed by atoms with van der Waals surface area (Å²) in [6.07, 6.45) is 0. The first-order valence-corrected chi connectivity index (χ1v) is 7.25. The van der Waals surface area contributed by atoms with Crippen molar-refractivity contribution in [3.8, 4) is 11.5 Å². The smallest absolute Gasteiger partial charge is 0.160 e. The highest BCUT2D eigenvalue weighted by Crippen LogP contribution is 2.40. The van der Waals surface area contributed by atoms with Gasteiger partial charge >= 0.3 is 0 Å². The van der Waals surface area contributed by atoms with Crippen LogP contribution in [0.15, 0.2) is 18.2 Å². The van der Waals surface area contributed by atoms with Crippen molar-refractivity contribution < 1.29 is 9.84 Å². The number of methoxy groups -OCH3 is 1. The van der Waals surface area contributed by atoms with Crippen LogP contribution >= 0.6 is 24.8 Å². The summed E-state index contributed by atoms with van der Waals surface area (Å²) in [6.45, 7) is 10.9. The molecule has 1 saturated heterocycles. The van der Waals surface area contributed by atoms with E-state index >= 15 is 0 Å². The molecule has 0 aliphatic carbocycles. The minimum absolute atomic E-state index is 0. The number of ether oxygens (including phenoxy) is 1. The van der Waals surface area contributed by atoms with Gasteiger partial charge in [0.25, 0.3) is 0 Å². The average Bonchev–Trinajstić information content (AvgIpc) is 2.40. The third kappa shape index (κ3) is 4.92. The fourth-order valence-electron chi connectivity index (χ4n) is 3.06. The fourth-order valence-corrected chi connectivity index (χ4v) is 3.06. The van der Waals surface area contributed by atoms with Gasteiger partial charge in [-0.05, 0) is 23.1 Å². The second-order valence-corrected chi connectivity index (χ2v) is 6.49. The van der Waals surface area contributed by atoms with Crippen molar-refractivity contribution in [3.63, 3.8) is 0 Å². The highest BCUT2D eigenvalue weighted by atomic mass is 35.5. The molecule has 2 N–H and O–H groups in total. The van der Waals surface area contributed by atoms with Crippen molar-refractivity contribution in [2.45, 2.75) is 26.8 Å². The minimum Gasteiger partial charge on any atom is -0.504 e. The van der Waals surface area contributed by atoms with Crippen LogP contribution in [-0.2, 0) is 0 Å². The van der Waals surface area contributed by atoms with Gasteiger partial charge in [-0.1, -0.05) is 26.8 Å². The predicted molar refractivity (Wildman–Crippen MR) is 95.8 cm³/mol. The second kappa shape index (κ2) is 8.82. The van der Waals surface area contributed by atoms with Gasteiger partial charge in [0.2, 0.25) is 0 Å². The lowest BCUT2D eigenvalue weighted by Gasteiger charge is -2.42. The summed E-state index contributed by atoms with van der Waals surface area (Å²) in [6, 6.07) is 6.03. The van der Waals surface area contributed by atoms with Crippen LogP contribution < -0.4 is 10.1 Å². The van der Waals surface area contributed by atoms with E-state index in [-0.39, 0.29) is 36.0 Å². The maximum Gasteiger partial charge on any atom is 0.160 e. The average molecular weight is 351 g/mol. The first-order valence-electron chi connectivity index (χ1n) is 7.25. The molecule has 1 aromatic rings. The number of benzene rings is 1. The van der Waals surface area contributed by atoms with Gasteiger partial charge in [-0.2, -0.15) is 0 Å².